The average Bonchev–Trinajstić information content (AvgIpc) is 2.66. The van der Waals surface area contributed by atoms with Crippen LogP contribution in [0.5, 0.6) is 5.75 Å². The quantitative estimate of drug-likeness (QED) is 0.787. The average molecular weight is 362 g/mol. The first kappa shape index (κ1) is 20.0. The van der Waals surface area contributed by atoms with Gasteiger partial charge in [0.15, 0.2) is 0 Å². The van der Waals surface area contributed by atoms with Gasteiger partial charge < -0.3 is 24.8 Å². The molecule has 2 rings (SSSR count). The summed E-state index contributed by atoms with van der Waals surface area (Å²) in [6.07, 6.45) is 1.25. The first-order chi connectivity index (χ1) is 12.5. The first-order valence-corrected chi connectivity index (χ1v) is 9.08. The molecule has 1 heterocycles. The van der Waals surface area contributed by atoms with Gasteiger partial charge in [-0.05, 0) is 32.1 Å². The van der Waals surface area contributed by atoms with E-state index in [-0.39, 0.29) is 11.9 Å². The second-order valence-corrected chi connectivity index (χ2v) is 6.71. The van der Waals surface area contributed by atoms with E-state index in [1.165, 1.54) is 0 Å². The van der Waals surface area contributed by atoms with Crippen molar-refractivity contribution < 1.29 is 14.3 Å². The molecular formula is C19H30N4O3. The Labute approximate surface area is 155 Å². The molecule has 0 bridgehead atoms. The number of nitrogens with one attached hydrogen (secondary N) is 1. The summed E-state index contributed by atoms with van der Waals surface area (Å²) in [5, 5.41) is 2.96. The lowest BCUT2D eigenvalue weighted by molar-refractivity contribution is -0.132. The van der Waals surface area contributed by atoms with Gasteiger partial charge in [-0.1, -0.05) is 18.2 Å². The summed E-state index contributed by atoms with van der Waals surface area (Å²) in [6.45, 7) is 3.67. The van der Waals surface area contributed by atoms with Crippen LogP contribution in [-0.4, -0.2) is 87.1 Å². The van der Waals surface area contributed by atoms with Crippen molar-refractivity contribution in [3.8, 4) is 5.75 Å². The Morgan fingerprint density at radius 1 is 1.12 bits per heavy atom. The second-order valence-electron chi connectivity index (χ2n) is 6.71. The Bertz CT molecular complexity index is 598. The molecule has 0 radical (unpaired) electrons. The predicted molar refractivity (Wildman–Crippen MR) is 101 cm³/mol. The number of carbonyl (C=O) groups is 2. The number of nitrogens with zero attached hydrogens (tertiary/aromatic N) is 3. The summed E-state index contributed by atoms with van der Waals surface area (Å²) in [5.74, 6) is 1.00. The van der Waals surface area contributed by atoms with Crippen LogP contribution in [0.4, 0.5) is 4.79 Å². The fourth-order valence-corrected chi connectivity index (χ4v) is 2.96. The molecule has 1 aliphatic rings. The van der Waals surface area contributed by atoms with Crippen molar-refractivity contribution in [2.75, 3.05) is 60.5 Å². The lowest BCUT2D eigenvalue weighted by Crippen LogP contribution is -2.53. The molecule has 1 aromatic carbocycles. The Hall–Kier alpha value is -2.28. The van der Waals surface area contributed by atoms with Crippen molar-refractivity contribution in [3.63, 3.8) is 0 Å². The van der Waals surface area contributed by atoms with E-state index in [0.29, 0.717) is 39.1 Å². The van der Waals surface area contributed by atoms with E-state index >= 15 is 0 Å². The molecule has 1 N–H and O–H groups in total. The van der Waals surface area contributed by atoms with Gasteiger partial charge in [-0.25, -0.2) is 4.79 Å². The number of carbonyl (C=O) groups excluding carboxylic acids is 2. The molecule has 26 heavy (non-hydrogen) atoms. The normalized spacial score (nSPS) is 14.5. The number of methoxy groups -OCH3 is 1. The third-order valence-corrected chi connectivity index (χ3v) is 4.56. The van der Waals surface area contributed by atoms with E-state index in [1.54, 1.807) is 12.0 Å². The summed E-state index contributed by atoms with van der Waals surface area (Å²) < 4.78 is 5.32. The largest absolute Gasteiger partial charge is 0.496 e. The molecule has 1 aliphatic heterocycles. The van der Waals surface area contributed by atoms with Crippen LogP contribution in [0, 0.1) is 0 Å². The molecule has 1 aromatic rings. The molecule has 0 aromatic heterocycles. The van der Waals surface area contributed by atoms with E-state index in [9.17, 15) is 9.59 Å². The topological polar surface area (TPSA) is 65.1 Å². The maximum absolute atomic E-state index is 12.3. The standard InChI is InChI=1S/C19H30N4O3/c1-21(2)11-9-18(24)22-12-14-23(15-13-22)19(25)20-10-8-16-6-4-5-7-17(16)26-3/h4-7H,8-15H2,1-3H3,(H,20,25). The summed E-state index contributed by atoms with van der Waals surface area (Å²) in [7, 11) is 5.57. The van der Waals surface area contributed by atoms with Crippen LogP contribution in [-0.2, 0) is 11.2 Å². The van der Waals surface area contributed by atoms with E-state index in [4.69, 9.17) is 4.74 Å². The number of urea groups is 1. The van der Waals surface area contributed by atoms with Gasteiger partial charge in [-0.2, -0.15) is 0 Å². The highest BCUT2D eigenvalue weighted by molar-refractivity contribution is 5.77. The van der Waals surface area contributed by atoms with Crippen molar-refractivity contribution in [2.24, 2.45) is 0 Å². The van der Waals surface area contributed by atoms with Crippen molar-refractivity contribution in [3.05, 3.63) is 29.8 Å². The number of rotatable bonds is 7. The van der Waals surface area contributed by atoms with E-state index in [1.807, 2.05) is 48.2 Å². The summed E-state index contributed by atoms with van der Waals surface area (Å²) in [5.41, 5.74) is 1.08. The van der Waals surface area contributed by atoms with Gasteiger partial charge in [-0.15, -0.1) is 0 Å². The van der Waals surface area contributed by atoms with Crippen LogP contribution in [0.15, 0.2) is 24.3 Å². The van der Waals surface area contributed by atoms with Crippen molar-refractivity contribution in [2.45, 2.75) is 12.8 Å². The van der Waals surface area contributed by atoms with Crippen molar-refractivity contribution in [1.82, 2.24) is 20.0 Å². The highest BCUT2D eigenvalue weighted by Gasteiger charge is 2.23. The Balaban J connectivity index is 1.70. The number of piperazine rings is 1. The predicted octanol–water partition coefficient (Wildman–Crippen LogP) is 1.04. The number of amides is 3. The fourth-order valence-electron chi connectivity index (χ4n) is 2.96. The van der Waals surface area contributed by atoms with Crippen LogP contribution in [0.3, 0.4) is 0 Å². The highest BCUT2D eigenvalue weighted by Crippen LogP contribution is 2.17. The molecule has 144 valence electrons. The van der Waals surface area contributed by atoms with Gasteiger partial charge >= 0.3 is 6.03 Å². The van der Waals surface area contributed by atoms with Gasteiger partial charge in [0.25, 0.3) is 0 Å². The third-order valence-electron chi connectivity index (χ3n) is 4.56. The molecule has 0 aliphatic carbocycles. The highest BCUT2D eigenvalue weighted by atomic mass is 16.5. The van der Waals surface area contributed by atoms with Crippen LogP contribution < -0.4 is 10.1 Å². The van der Waals surface area contributed by atoms with Crippen LogP contribution in [0.25, 0.3) is 0 Å². The molecule has 0 spiro atoms. The number of ether oxygens (including phenoxy) is 1. The molecule has 0 atom stereocenters. The van der Waals surface area contributed by atoms with Gasteiger partial charge in [0.2, 0.25) is 5.91 Å². The van der Waals surface area contributed by atoms with E-state index in [0.717, 1.165) is 24.3 Å². The van der Waals surface area contributed by atoms with Gasteiger partial charge in [0, 0.05) is 45.7 Å². The molecule has 1 fully saturated rings. The number of hydrogen-bond donors (Lipinski definition) is 1. The van der Waals surface area contributed by atoms with Gasteiger partial charge in [-0.3, -0.25) is 4.79 Å². The van der Waals surface area contributed by atoms with Crippen molar-refractivity contribution in [1.29, 1.82) is 0 Å². The fraction of sp³-hybridized carbons (Fsp3) is 0.579. The zero-order valence-corrected chi connectivity index (χ0v) is 16.0. The Morgan fingerprint density at radius 2 is 1.77 bits per heavy atom. The Morgan fingerprint density at radius 3 is 2.42 bits per heavy atom. The van der Waals surface area contributed by atoms with Crippen LogP contribution in [0.1, 0.15) is 12.0 Å². The van der Waals surface area contributed by atoms with Crippen LogP contribution in [0.2, 0.25) is 0 Å². The number of benzene rings is 1. The van der Waals surface area contributed by atoms with Crippen molar-refractivity contribution >= 4 is 11.9 Å². The SMILES string of the molecule is COc1ccccc1CCNC(=O)N1CCN(C(=O)CCN(C)C)CC1. The minimum absolute atomic E-state index is 0.0692. The summed E-state index contributed by atoms with van der Waals surface area (Å²) in [4.78, 5) is 30.1. The molecule has 0 unspecified atom stereocenters. The maximum Gasteiger partial charge on any atom is 0.317 e. The lowest BCUT2D eigenvalue weighted by Gasteiger charge is -2.35. The third kappa shape index (κ3) is 5.91. The van der Waals surface area contributed by atoms with Gasteiger partial charge in [0.1, 0.15) is 5.75 Å². The number of para-hydroxylation sites is 1. The minimum atomic E-state index is -0.0692. The van der Waals surface area contributed by atoms with Gasteiger partial charge in [0.05, 0.1) is 7.11 Å². The van der Waals surface area contributed by atoms with Crippen LogP contribution >= 0.6 is 0 Å². The lowest BCUT2D eigenvalue weighted by atomic mass is 10.1. The Kier molecular flexibility index (Phi) is 7.72. The zero-order chi connectivity index (χ0) is 18.9. The smallest absolute Gasteiger partial charge is 0.317 e. The van der Waals surface area contributed by atoms with E-state index in [2.05, 4.69) is 5.32 Å². The minimum Gasteiger partial charge on any atom is -0.496 e. The summed E-state index contributed by atoms with van der Waals surface area (Å²) in [6, 6.07) is 7.75. The second kappa shape index (κ2) is 10.0. The molecule has 7 heteroatoms. The molecule has 3 amide bonds. The molecule has 7 nitrogen and oxygen atoms in total. The summed E-state index contributed by atoms with van der Waals surface area (Å²) >= 11 is 0. The maximum atomic E-state index is 12.3. The first-order valence-electron chi connectivity index (χ1n) is 9.08. The monoisotopic (exact) mass is 362 g/mol. The molecular weight excluding hydrogens is 332 g/mol. The van der Waals surface area contributed by atoms with E-state index < -0.39 is 0 Å². The number of hydrogen-bond acceptors (Lipinski definition) is 4. The zero-order valence-electron chi connectivity index (χ0n) is 16.0. The molecule has 0 saturated carbocycles. The molecule has 1 saturated heterocycles.